The molecule has 122 valence electrons. The summed E-state index contributed by atoms with van der Waals surface area (Å²) in [4.78, 5) is 4.22. The molecule has 1 aliphatic heterocycles. The van der Waals surface area contributed by atoms with Crippen molar-refractivity contribution in [1.82, 2.24) is 10.1 Å². The zero-order valence-corrected chi connectivity index (χ0v) is 13.1. The van der Waals surface area contributed by atoms with Gasteiger partial charge in [-0.3, -0.25) is 0 Å². The summed E-state index contributed by atoms with van der Waals surface area (Å²) in [7, 11) is 3.15. The second-order valence-corrected chi connectivity index (χ2v) is 5.07. The molecule has 0 fully saturated rings. The minimum Gasteiger partial charge on any atom is -0.493 e. The number of hydrogen-bond donors (Lipinski definition) is 0. The Hall–Kier alpha value is -3.22. The first-order valence-electron chi connectivity index (χ1n) is 7.23. The molecule has 0 unspecified atom stereocenters. The van der Waals surface area contributed by atoms with Crippen LogP contribution in [0.25, 0.3) is 22.5 Å². The number of benzene rings is 1. The quantitative estimate of drug-likeness (QED) is 0.729. The number of nitrogens with zero attached hydrogens (tertiary/aromatic N) is 2. The third-order valence-corrected chi connectivity index (χ3v) is 3.75. The zero-order chi connectivity index (χ0) is 16.5. The standard InChI is InChI=1S/C17H14N2O5/c1-20-13-5-11(6-14-17(13)23-9-22-14)16-12(8-19-24-16)10-3-4-15(21-2)18-7-10/h3-8H,9H2,1-2H3. The molecule has 1 aromatic carbocycles. The molecule has 0 amide bonds. The number of methoxy groups -OCH3 is 2. The van der Waals surface area contributed by atoms with Crippen LogP contribution < -0.4 is 18.9 Å². The molecule has 0 N–H and O–H groups in total. The molecule has 3 heterocycles. The van der Waals surface area contributed by atoms with Gasteiger partial charge in [-0.05, 0) is 18.2 Å². The highest BCUT2D eigenvalue weighted by Gasteiger charge is 2.23. The molecule has 0 saturated carbocycles. The Bertz CT molecular complexity index is 873. The summed E-state index contributed by atoms with van der Waals surface area (Å²) in [5.74, 6) is 2.92. The SMILES string of the molecule is COc1ccc(-c2cnoc2-c2cc(OC)c3c(c2)OCO3)cn1. The molecule has 0 saturated heterocycles. The van der Waals surface area contributed by atoms with Gasteiger partial charge in [-0.1, -0.05) is 5.16 Å². The number of pyridine rings is 1. The van der Waals surface area contributed by atoms with Crippen LogP contribution in [0.5, 0.6) is 23.1 Å². The van der Waals surface area contributed by atoms with Crippen LogP contribution in [0.3, 0.4) is 0 Å². The van der Waals surface area contributed by atoms with Crippen LogP contribution in [0.2, 0.25) is 0 Å². The molecule has 7 nitrogen and oxygen atoms in total. The number of hydrogen-bond acceptors (Lipinski definition) is 7. The van der Waals surface area contributed by atoms with E-state index in [1.165, 1.54) is 0 Å². The van der Waals surface area contributed by atoms with Gasteiger partial charge >= 0.3 is 0 Å². The van der Waals surface area contributed by atoms with Crippen LogP contribution >= 0.6 is 0 Å². The maximum Gasteiger partial charge on any atom is 0.231 e. The van der Waals surface area contributed by atoms with Crippen LogP contribution in [0.15, 0.2) is 41.2 Å². The van der Waals surface area contributed by atoms with Crippen molar-refractivity contribution in [2.75, 3.05) is 21.0 Å². The lowest BCUT2D eigenvalue weighted by atomic mass is 10.0. The van der Waals surface area contributed by atoms with Crippen LogP contribution in [0.1, 0.15) is 0 Å². The highest BCUT2D eigenvalue weighted by atomic mass is 16.7. The molecule has 2 aromatic heterocycles. The van der Waals surface area contributed by atoms with Crippen molar-refractivity contribution < 1.29 is 23.5 Å². The lowest BCUT2D eigenvalue weighted by molar-refractivity contribution is 0.171. The van der Waals surface area contributed by atoms with Gasteiger partial charge in [-0.15, -0.1) is 0 Å². The normalized spacial score (nSPS) is 12.2. The first-order chi connectivity index (χ1) is 11.8. The van der Waals surface area contributed by atoms with Gasteiger partial charge in [-0.2, -0.15) is 0 Å². The third kappa shape index (κ3) is 2.30. The maximum absolute atomic E-state index is 5.46. The van der Waals surface area contributed by atoms with E-state index < -0.39 is 0 Å². The first-order valence-corrected chi connectivity index (χ1v) is 7.23. The predicted octanol–water partition coefficient (Wildman–Crippen LogP) is 3.15. The summed E-state index contributed by atoms with van der Waals surface area (Å²) in [6.45, 7) is 0.167. The Kier molecular flexibility index (Phi) is 3.45. The number of aromatic nitrogens is 2. The van der Waals surface area contributed by atoms with Crippen molar-refractivity contribution in [3.05, 3.63) is 36.7 Å². The zero-order valence-electron chi connectivity index (χ0n) is 13.1. The molecule has 24 heavy (non-hydrogen) atoms. The van der Waals surface area contributed by atoms with Gasteiger partial charge < -0.3 is 23.5 Å². The number of ether oxygens (including phenoxy) is 4. The fourth-order valence-corrected chi connectivity index (χ4v) is 2.57. The van der Waals surface area contributed by atoms with E-state index in [9.17, 15) is 0 Å². The molecule has 0 bridgehead atoms. The summed E-state index contributed by atoms with van der Waals surface area (Å²) < 4.78 is 26.8. The monoisotopic (exact) mass is 326 g/mol. The smallest absolute Gasteiger partial charge is 0.231 e. The largest absolute Gasteiger partial charge is 0.493 e. The Morgan fingerprint density at radius 2 is 1.92 bits per heavy atom. The van der Waals surface area contributed by atoms with Crippen LogP contribution in [0.4, 0.5) is 0 Å². The second-order valence-electron chi connectivity index (χ2n) is 5.07. The third-order valence-electron chi connectivity index (χ3n) is 3.75. The lowest BCUT2D eigenvalue weighted by Gasteiger charge is -2.08. The highest BCUT2D eigenvalue weighted by molar-refractivity contribution is 5.81. The predicted molar refractivity (Wildman–Crippen MR) is 84.4 cm³/mol. The van der Waals surface area contributed by atoms with Gasteiger partial charge in [0.2, 0.25) is 18.4 Å². The van der Waals surface area contributed by atoms with E-state index in [1.54, 1.807) is 32.7 Å². The van der Waals surface area contributed by atoms with Crippen LogP contribution in [-0.2, 0) is 0 Å². The van der Waals surface area contributed by atoms with E-state index in [2.05, 4.69) is 10.1 Å². The van der Waals surface area contributed by atoms with Gasteiger partial charge in [0.15, 0.2) is 17.3 Å². The van der Waals surface area contributed by atoms with E-state index in [0.717, 1.165) is 16.7 Å². The molecular weight excluding hydrogens is 312 g/mol. The minimum absolute atomic E-state index is 0.167. The fraction of sp³-hybridized carbons (Fsp3) is 0.176. The van der Waals surface area contributed by atoms with Gasteiger partial charge in [0.1, 0.15) is 0 Å². The molecule has 0 atom stereocenters. The lowest BCUT2D eigenvalue weighted by Crippen LogP contribution is -1.93. The topological polar surface area (TPSA) is 75.8 Å². The minimum atomic E-state index is 0.167. The summed E-state index contributed by atoms with van der Waals surface area (Å²) in [6.07, 6.45) is 3.36. The molecule has 3 aromatic rings. The van der Waals surface area contributed by atoms with Gasteiger partial charge in [0.05, 0.1) is 26.0 Å². The second kappa shape index (κ2) is 5.77. The van der Waals surface area contributed by atoms with Crippen molar-refractivity contribution in [3.63, 3.8) is 0 Å². The van der Waals surface area contributed by atoms with Gasteiger partial charge in [0.25, 0.3) is 0 Å². The Labute approximate surface area is 137 Å². The van der Waals surface area contributed by atoms with E-state index in [0.29, 0.717) is 28.9 Å². The average molecular weight is 326 g/mol. The molecule has 0 radical (unpaired) electrons. The van der Waals surface area contributed by atoms with Gasteiger partial charge in [0, 0.05) is 23.4 Å². The molecule has 4 rings (SSSR count). The average Bonchev–Trinajstić information content (AvgIpc) is 3.29. The summed E-state index contributed by atoms with van der Waals surface area (Å²) in [5.41, 5.74) is 2.45. The van der Waals surface area contributed by atoms with Crippen LogP contribution in [-0.4, -0.2) is 31.2 Å². The highest BCUT2D eigenvalue weighted by Crippen LogP contribution is 2.45. The van der Waals surface area contributed by atoms with Crippen molar-refractivity contribution >= 4 is 0 Å². The number of fused-ring (bicyclic) bond motifs is 1. The van der Waals surface area contributed by atoms with E-state index in [1.807, 2.05) is 18.2 Å². The molecule has 0 aliphatic carbocycles. The first kappa shape index (κ1) is 14.4. The molecular formula is C17H14N2O5. The van der Waals surface area contributed by atoms with E-state index >= 15 is 0 Å². The summed E-state index contributed by atoms with van der Waals surface area (Å²) >= 11 is 0. The van der Waals surface area contributed by atoms with Crippen molar-refractivity contribution in [3.8, 4) is 45.6 Å². The van der Waals surface area contributed by atoms with E-state index in [-0.39, 0.29) is 6.79 Å². The maximum atomic E-state index is 5.46. The summed E-state index contributed by atoms with van der Waals surface area (Å²) in [6, 6.07) is 7.35. The Morgan fingerprint density at radius 3 is 2.67 bits per heavy atom. The fourth-order valence-electron chi connectivity index (χ4n) is 2.57. The van der Waals surface area contributed by atoms with Gasteiger partial charge in [-0.25, -0.2) is 4.98 Å². The van der Waals surface area contributed by atoms with E-state index in [4.69, 9.17) is 23.5 Å². The molecule has 1 aliphatic rings. The molecule has 7 heteroatoms. The van der Waals surface area contributed by atoms with Crippen LogP contribution in [0, 0.1) is 0 Å². The Balaban J connectivity index is 1.80. The van der Waals surface area contributed by atoms with Crippen molar-refractivity contribution in [1.29, 1.82) is 0 Å². The van der Waals surface area contributed by atoms with Crippen molar-refractivity contribution in [2.45, 2.75) is 0 Å². The number of rotatable bonds is 4. The van der Waals surface area contributed by atoms with Crippen molar-refractivity contribution in [2.24, 2.45) is 0 Å². The summed E-state index contributed by atoms with van der Waals surface area (Å²) in [5, 5.41) is 3.92. The Morgan fingerprint density at radius 1 is 1.00 bits per heavy atom. The molecule has 0 spiro atoms.